The molecule has 0 aromatic rings. The molecule has 1 atom stereocenters. The van der Waals surface area contributed by atoms with Gasteiger partial charge in [0, 0.05) is 12.6 Å². The van der Waals surface area contributed by atoms with Gasteiger partial charge in [-0.3, -0.25) is 4.90 Å². The Balaban J connectivity index is 2.04. The molecular formula is C9H16N2O2. The number of nitrogens with zero attached hydrogens (tertiary/aromatic N) is 1. The molecule has 1 aliphatic heterocycles. The van der Waals surface area contributed by atoms with Crippen LogP contribution in [0.1, 0.15) is 25.7 Å². The second-order valence-corrected chi connectivity index (χ2v) is 3.81. The molecule has 2 N–H and O–H groups in total. The highest BCUT2D eigenvalue weighted by Gasteiger charge is 2.38. The van der Waals surface area contributed by atoms with E-state index in [9.17, 15) is 4.79 Å². The van der Waals surface area contributed by atoms with Crippen LogP contribution in [0.2, 0.25) is 0 Å². The minimum Gasteiger partial charge on any atom is -0.447 e. The highest BCUT2D eigenvalue weighted by molar-refractivity contribution is 5.70. The maximum Gasteiger partial charge on any atom is 0.410 e. The Bertz CT molecular complexity index is 202. The quantitative estimate of drug-likeness (QED) is 0.687. The van der Waals surface area contributed by atoms with Crippen molar-refractivity contribution < 1.29 is 9.53 Å². The van der Waals surface area contributed by atoms with Crippen molar-refractivity contribution in [3.05, 3.63) is 0 Å². The number of cyclic esters (lactones) is 1. The van der Waals surface area contributed by atoms with Gasteiger partial charge in [0.1, 0.15) is 6.61 Å². The Kier molecular flexibility index (Phi) is 2.40. The summed E-state index contributed by atoms with van der Waals surface area (Å²) in [7, 11) is 0. The van der Waals surface area contributed by atoms with Crippen molar-refractivity contribution in [2.24, 2.45) is 5.73 Å². The maximum absolute atomic E-state index is 11.4. The van der Waals surface area contributed by atoms with E-state index in [4.69, 9.17) is 10.5 Å². The zero-order chi connectivity index (χ0) is 9.26. The minimum atomic E-state index is -0.164. The second-order valence-electron chi connectivity index (χ2n) is 3.81. The molecule has 0 radical (unpaired) electrons. The van der Waals surface area contributed by atoms with Crippen molar-refractivity contribution >= 4 is 6.09 Å². The van der Waals surface area contributed by atoms with Gasteiger partial charge in [-0.1, -0.05) is 12.8 Å². The summed E-state index contributed by atoms with van der Waals surface area (Å²) in [6.45, 7) is 0.994. The topological polar surface area (TPSA) is 55.6 Å². The summed E-state index contributed by atoms with van der Waals surface area (Å²) in [6.07, 6.45) is 4.52. The fraction of sp³-hybridized carbons (Fsp3) is 0.889. The largest absolute Gasteiger partial charge is 0.447 e. The number of nitrogens with two attached hydrogens (primary N) is 1. The highest BCUT2D eigenvalue weighted by atomic mass is 16.6. The first-order chi connectivity index (χ1) is 6.33. The van der Waals surface area contributed by atoms with Crippen LogP contribution in [0.3, 0.4) is 0 Å². The van der Waals surface area contributed by atoms with Crippen LogP contribution in [0.5, 0.6) is 0 Å². The lowest BCUT2D eigenvalue weighted by Crippen LogP contribution is -2.44. The third-order valence-electron chi connectivity index (χ3n) is 2.99. The molecule has 1 amide bonds. The van der Waals surface area contributed by atoms with E-state index in [1.165, 1.54) is 12.8 Å². The highest BCUT2D eigenvalue weighted by Crippen LogP contribution is 2.27. The lowest BCUT2D eigenvalue weighted by molar-refractivity contribution is 0.145. The number of amides is 1. The van der Waals surface area contributed by atoms with Gasteiger partial charge in [-0.2, -0.15) is 0 Å². The van der Waals surface area contributed by atoms with Gasteiger partial charge in [0.05, 0.1) is 6.04 Å². The Morgan fingerprint density at radius 3 is 2.77 bits per heavy atom. The molecule has 2 aliphatic rings. The van der Waals surface area contributed by atoms with E-state index in [0.29, 0.717) is 19.2 Å². The smallest absolute Gasteiger partial charge is 0.410 e. The number of ether oxygens (including phenoxy) is 1. The summed E-state index contributed by atoms with van der Waals surface area (Å²) in [4.78, 5) is 13.2. The van der Waals surface area contributed by atoms with E-state index in [-0.39, 0.29) is 12.1 Å². The summed E-state index contributed by atoms with van der Waals surface area (Å²) >= 11 is 0. The molecule has 1 saturated heterocycles. The van der Waals surface area contributed by atoms with Gasteiger partial charge in [-0.05, 0) is 12.8 Å². The average molecular weight is 184 g/mol. The molecule has 1 heterocycles. The molecule has 1 unspecified atom stereocenters. The molecule has 4 nitrogen and oxygen atoms in total. The third kappa shape index (κ3) is 1.50. The van der Waals surface area contributed by atoms with Crippen LogP contribution in [0, 0.1) is 0 Å². The van der Waals surface area contributed by atoms with Crippen molar-refractivity contribution in [3.63, 3.8) is 0 Å². The molecular weight excluding hydrogens is 168 g/mol. The fourth-order valence-corrected chi connectivity index (χ4v) is 2.28. The van der Waals surface area contributed by atoms with Gasteiger partial charge in [-0.15, -0.1) is 0 Å². The molecule has 4 heteroatoms. The molecule has 0 bridgehead atoms. The van der Waals surface area contributed by atoms with Crippen molar-refractivity contribution in [2.45, 2.75) is 37.8 Å². The minimum absolute atomic E-state index is 0.121. The van der Waals surface area contributed by atoms with E-state index < -0.39 is 0 Å². The molecule has 0 spiro atoms. The summed E-state index contributed by atoms with van der Waals surface area (Å²) in [5.74, 6) is 0. The molecule has 1 saturated carbocycles. The maximum atomic E-state index is 11.4. The number of hydrogen-bond acceptors (Lipinski definition) is 3. The van der Waals surface area contributed by atoms with Crippen LogP contribution in [-0.2, 0) is 4.74 Å². The Labute approximate surface area is 78.0 Å². The predicted octanol–water partition coefficient (Wildman–Crippen LogP) is 0.708. The summed E-state index contributed by atoms with van der Waals surface area (Å²) in [5.41, 5.74) is 5.58. The number of rotatable bonds is 2. The van der Waals surface area contributed by atoms with Crippen LogP contribution in [-0.4, -0.2) is 36.2 Å². The molecule has 0 aromatic heterocycles. The summed E-state index contributed by atoms with van der Waals surface area (Å²) in [6, 6.07) is 0.513. The van der Waals surface area contributed by atoms with E-state index >= 15 is 0 Å². The average Bonchev–Trinajstić information content (AvgIpc) is 2.72. The Hall–Kier alpha value is -0.770. The van der Waals surface area contributed by atoms with Gasteiger partial charge < -0.3 is 10.5 Å². The zero-order valence-corrected chi connectivity index (χ0v) is 7.74. The molecule has 2 fully saturated rings. The Morgan fingerprint density at radius 1 is 1.46 bits per heavy atom. The van der Waals surface area contributed by atoms with Crippen molar-refractivity contribution in [3.8, 4) is 0 Å². The van der Waals surface area contributed by atoms with Gasteiger partial charge in [0.25, 0.3) is 0 Å². The number of hydrogen-bond donors (Lipinski definition) is 1. The van der Waals surface area contributed by atoms with Crippen LogP contribution >= 0.6 is 0 Å². The van der Waals surface area contributed by atoms with Crippen molar-refractivity contribution in [1.29, 1.82) is 0 Å². The van der Waals surface area contributed by atoms with E-state index in [2.05, 4.69) is 0 Å². The first-order valence-corrected chi connectivity index (χ1v) is 4.98. The Morgan fingerprint density at radius 2 is 2.15 bits per heavy atom. The second kappa shape index (κ2) is 3.54. The van der Waals surface area contributed by atoms with Crippen molar-refractivity contribution in [2.75, 3.05) is 13.2 Å². The van der Waals surface area contributed by atoms with Crippen LogP contribution in [0.25, 0.3) is 0 Å². The normalized spacial score (nSPS) is 29.8. The monoisotopic (exact) mass is 184 g/mol. The van der Waals surface area contributed by atoms with E-state index in [1.54, 1.807) is 0 Å². The van der Waals surface area contributed by atoms with E-state index in [0.717, 1.165) is 12.8 Å². The molecule has 74 valence electrons. The lowest BCUT2D eigenvalue weighted by Gasteiger charge is -2.26. The SMILES string of the molecule is NCC1COC(=O)N1C1CCCC1. The number of carbonyl (C=O) groups is 1. The fourth-order valence-electron chi connectivity index (χ4n) is 2.28. The van der Waals surface area contributed by atoms with Gasteiger partial charge in [-0.25, -0.2) is 4.79 Å². The molecule has 2 rings (SSSR count). The van der Waals surface area contributed by atoms with Gasteiger partial charge in [0.2, 0.25) is 0 Å². The van der Waals surface area contributed by atoms with Crippen molar-refractivity contribution in [1.82, 2.24) is 4.90 Å². The molecule has 1 aliphatic carbocycles. The van der Waals surface area contributed by atoms with Crippen LogP contribution in [0.4, 0.5) is 4.79 Å². The number of carbonyl (C=O) groups excluding carboxylic acids is 1. The zero-order valence-electron chi connectivity index (χ0n) is 7.74. The molecule has 13 heavy (non-hydrogen) atoms. The lowest BCUT2D eigenvalue weighted by atomic mass is 10.2. The third-order valence-corrected chi connectivity index (χ3v) is 2.99. The van der Waals surface area contributed by atoms with Crippen LogP contribution < -0.4 is 5.73 Å². The molecule has 0 aromatic carbocycles. The predicted molar refractivity (Wildman–Crippen MR) is 48.3 cm³/mol. The van der Waals surface area contributed by atoms with Gasteiger partial charge >= 0.3 is 6.09 Å². The first kappa shape index (κ1) is 8.81. The van der Waals surface area contributed by atoms with Gasteiger partial charge in [0.15, 0.2) is 0 Å². The first-order valence-electron chi connectivity index (χ1n) is 4.98. The van der Waals surface area contributed by atoms with E-state index in [1.807, 2.05) is 4.90 Å². The van der Waals surface area contributed by atoms with Crippen LogP contribution in [0.15, 0.2) is 0 Å². The summed E-state index contributed by atoms with van der Waals surface area (Å²) in [5, 5.41) is 0. The summed E-state index contributed by atoms with van der Waals surface area (Å²) < 4.78 is 4.99. The standard InChI is InChI=1S/C9H16N2O2/c10-5-8-6-13-9(12)11(8)7-3-1-2-4-7/h7-8H,1-6,10H2.